The van der Waals surface area contributed by atoms with Gasteiger partial charge in [-0.15, -0.1) is 0 Å². The van der Waals surface area contributed by atoms with Crippen molar-refractivity contribution in [3.05, 3.63) is 34.3 Å². The van der Waals surface area contributed by atoms with E-state index in [0.717, 1.165) is 25.7 Å². The SMILES string of the molecule is Brc1cccc(CN(CC2CCCNC2)C2CCOCC2)c1. The fourth-order valence-corrected chi connectivity index (χ4v) is 4.12. The van der Waals surface area contributed by atoms with Crippen LogP contribution in [-0.2, 0) is 11.3 Å². The molecule has 0 spiro atoms. The molecule has 3 nitrogen and oxygen atoms in total. The second-order valence-electron chi connectivity index (χ2n) is 6.62. The average Bonchev–Trinajstić information content (AvgIpc) is 2.56. The summed E-state index contributed by atoms with van der Waals surface area (Å²) in [7, 11) is 0. The molecule has 1 unspecified atom stereocenters. The predicted molar refractivity (Wildman–Crippen MR) is 94.0 cm³/mol. The summed E-state index contributed by atoms with van der Waals surface area (Å²) >= 11 is 3.60. The van der Waals surface area contributed by atoms with E-state index in [9.17, 15) is 0 Å². The molecule has 1 N–H and O–H groups in total. The van der Waals surface area contributed by atoms with Crippen molar-refractivity contribution in [3.8, 4) is 0 Å². The van der Waals surface area contributed by atoms with Crippen molar-refractivity contribution in [1.29, 1.82) is 0 Å². The van der Waals surface area contributed by atoms with E-state index < -0.39 is 0 Å². The lowest BCUT2D eigenvalue weighted by Gasteiger charge is -2.37. The summed E-state index contributed by atoms with van der Waals surface area (Å²) in [5.41, 5.74) is 1.41. The lowest BCUT2D eigenvalue weighted by atomic mass is 9.96. The van der Waals surface area contributed by atoms with Crippen molar-refractivity contribution in [2.75, 3.05) is 32.8 Å². The maximum absolute atomic E-state index is 5.56. The normalized spacial score (nSPS) is 23.8. The molecule has 0 saturated carbocycles. The largest absolute Gasteiger partial charge is 0.381 e. The topological polar surface area (TPSA) is 24.5 Å². The first-order valence-corrected chi connectivity index (χ1v) is 9.37. The van der Waals surface area contributed by atoms with Gasteiger partial charge in [-0.25, -0.2) is 0 Å². The van der Waals surface area contributed by atoms with Gasteiger partial charge in [0.2, 0.25) is 0 Å². The summed E-state index contributed by atoms with van der Waals surface area (Å²) in [6.45, 7) is 6.48. The summed E-state index contributed by atoms with van der Waals surface area (Å²) in [5.74, 6) is 0.795. The van der Waals surface area contributed by atoms with Crippen LogP contribution in [0, 0.1) is 5.92 Å². The molecule has 1 atom stereocenters. The Morgan fingerprint density at radius 1 is 1.23 bits per heavy atom. The molecule has 1 aromatic rings. The molecule has 2 aliphatic rings. The Kier molecular flexibility index (Phi) is 6.30. The van der Waals surface area contributed by atoms with Crippen LogP contribution in [0.1, 0.15) is 31.2 Å². The summed E-state index contributed by atoms with van der Waals surface area (Å²) in [6.07, 6.45) is 5.04. The Labute approximate surface area is 142 Å². The van der Waals surface area contributed by atoms with Crippen molar-refractivity contribution in [2.24, 2.45) is 5.92 Å². The molecule has 1 aromatic carbocycles. The predicted octanol–water partition coefficient (Wildman–Crippen LogP) is 3.43. The molecule has 0 radical (unpaired) electrons. The molecule has 4 heteroatoms. The van der Waals surface area contributed by atoms with E-state index in [1.165, 1.54) is 55.4 Å². The number of nitrogens with one attached hydrogen (secondary N) is 1. The third kappa shape index (κ3) is 4.79. The molecule has 0 bridgehead atoms. The molecule has 122 valence electrons. The van der Waals surface area contributed by atoms with Gasteiger partial charge < -0.3 is 10.1 Å². The van der Waals surface area contributed by atoms with Gasteiger partial charge in [0.15, 0.2) is 0 Å². The highest BCUT2D eigenvalue weighted by Gasteiger charge is 2.25. The van der Waals surface area contributed by atoms with Gasteiger partial charge >= 0.3 is 0 Å². The number of nitrogens with zero attached hydrogens (tertiary/aromatic N) is 1. The number of hydrogen-bond donors (Lipinski definition) is 1. The molecule has 0 aliphatic carbocycles. The van der Waals surface area contributed by atoms with Gasteiger partial charge in [-0.2, -0.15) is 0 Å². The number of halogens is 1. The Bertz CT molecular complexity index is 456. The van der Waals surface area contributed by atoms with E-state index in [4.69, 9.17) is 4.74 Å². The standard InChI is InChI=1S/C18H27BrN2O/c19-17-5-1-3-15(11-17)13-21(18-6-9-22-10-7-18)14-16-4-2-8-20-12-16/h1,3,5,11,16,18,20H,2,4,6-10,12-14H2. The summed E-state index contributed by atoms with van der Waals surface area (Å²) < 4.78 is 6.74. The summed E-state index contributed by atoms with van der Waals surface area (Å²) in [5, 5.41) is 3.56. The van der Waals surface area contributed by atoms with Gasteiger partial charge in [-0.1, -0.05) is 28.1 Å². The van der Waals surface area contributed by atoms with Crippen molar-refractivity contribution in [3.63, 3.8) is 0 Å². The highest BCUT2D eigenvalue weighted by molar-refractivity contribution is 9.10. The van der Waals surface area contributed by atoms with E-state index in [1.54, 1.807) is 0 Å². The minimum absolute atomic E-state index is 0.676. The number of rotatable bonds is 5. The molecule has 22 heavy (non-hydrogen) atoms. The smallest absolute Gasteiger partial charge is 0.0480 e. The first-order chi connectivity index (χ1) is 10.8. The van der Waals surface area contributed by atoms with Crippen LogP contribution in [0.3, 0.4) is 0 Å². The van der Waals surface area contributed by atoms with Gasteiger partial charge in [-0.05, 0) is 62.4 Å². The fraction of sp³-hybridized carbons (Fsp3) is 0.667. The van der Waals surface area contributed by atoms with Crippen LogP contribution < -0.4 is 5.32 Å². The Morgan fingerprint density at radius 2 is 2.09 bits per heavy atom. The first kappa shape index (κ1) is 16.4. The first-order valence-electron chi connectivity index (χ1n) is 8.58. The van der Waals surface area contributed by atoms with Gasteiger partial charge in [0.25, 0.3) is 0 Å². The molecule has 2 aliphatic heterocycles. The molecule has 0 amide bonds. The second-order valence-corrected chi connectivity index (χ2v) is 7.53. The number of piperidine rings is 1. The quantitative estimate of drug-likeness (QED) is 0.863. The Balaban J connectivity index is 1.66. The number of benzene rings is 1. The molecular weight excluding hydrogens is 340 g/mol. The van der Waals surface area contributed by atoms with Crippen LogP contribution in [0.5, 0.6) is 0 Å². The van der Waals surface area contributed by atoms with Crippen LogP contribution in [0.25, 0.3) is 0 Å². The molecule has 2 saturated heterocycles. The van der Waals surface area contributed by atoms with Crippen LogP contribution in [0.2, 0.25) is 0 Å². The monoisotopic (exact) mass is 366 g/mol. The molecule has 2 heterocycles. The Hall–Kier alpha value is -0.420. The van der Waals surface area contributed by atoms with Gasteiger partial charge in [0.05, 0.1) is 0 Å². The van der Waals surface area contributed by atoms with E-state index >= 15 is 0 Å². The zero-order chi connectivity index (χ0) is 15.2. The van der Waals surface area contributed by atoms with E-state index in [2.05, 4.69) is 50.4 Å². The average molecular weight is 367 g/mol. The molecule has 0 aromatic heterocycles. The molecule has 2 fully saturated rings. The van der Waals surface area contributed by atoms with Crippen molar-refractivity contribution >= 4 is 15.9 Å². The second kappa shape index (κ2) is 8.44. The van der Waals surface area contributed by atoms with Gasteiger partial charge in [-0.3, -0.25) is 4.90 Å². The molecular formula is C18H27BrN2O. The van der Waals surface area contributed by atoms with E-state index in [-0.39, 0.29) is 0 Å². The highest BCUT2D eigenvalue weighted by Crippen LogP contribution is 2.22. The summed E-state index contributed by atoms with van der Waals surface area (Å²) in [6, 6.07) is 9.42. The van der Waals surface area contributed by atoms with E-state index in [1.807, 2.05) is 0 Å². The van der Waals surface area contributed by atoms with Crippen molar-refractivity contribution < 1.29 is 4.74 Å². The molecule has 3 rings (SSSR count). The van der Waals surface area contributed by atoms with Crippen LogP contribution >= 0.6 is 15.9 Å². The van der Waals surface area contributed by atoms with E-state index in [0.29, 0.717) is 6.04 Å². The van der Waals surface area contributed by atoms with Gasteiger partial charge in [0.1, 0.15) is 0 Å². The maximum atomic E-state index is 5.56. The van der Waals surface area contributed by atoms with Gasteiger partial charge in [0, 0.05) is 36.8 Å². The maximum Gasteiger partial charge on any atom is 0.0480 e. The third-order valence-corrected chi connectivity index (χ3v) is 5.37. The van der Waals surface area contributed by atoms with Crippen molar-refractivity contribution in [1.82, 2.24) is 10.2 Å². The third-order valence-electron chi connectivity index (χ3n) is 4.87. The lowest BCUT2D eigenvalue weighted by molar-refractivity contribution is 0.0234. The zero-order valence-corrected chi connectivity index (χ0v) is 14.9. The lowest BCUT2D eigenvalue weighted by Crippen LogP contribution is -2.44. The van der Waals surface area contributed by atoms with Crippen LogP contribution in [-0.4, -0.2) is 43.8 Å². The minimum Gasteiger partial charge on any atom is -0.381 e. The fourth-order valence-electron chi connectivity index (χ4n) is 3.67. The van der Waals surface area contributed by atoms with Crippen LogP contribution in [0.4, 0.5) is 0 Å². The number of ether oxygens (including phenoxy) is 1. The highest BCUT2D eigenvalue weighted by atomic mass is 79.9. The number of hydrogen-bond acceptors (Lipinski definition) is 3. The van der Waals surface area contributed by atoms with Crippen molar-refractivity contribution in [2.45, 2.75) is 38.3 Å². The Morgan fingerprint density at radius 3 is 2.82 bits per heavy atom. The summed E-state index contributed by atoms with van der Waals surface area (Å²) in [4.78, 5) is 2.71. The minimum atomic E-state index is 0.676. The van der Waals surface area contributed by atoms with Crippen LogP contribution in [0.15, 0.2) is 28.7 Å². The zero-order valence-electron chi connectivity index (χ0n) is 13.3.